The van der Waals surface area contributed by atoms with Crippen LogP contribution in [0.4, 0.5) is 5.82 Å². The third-order valence-electron chi connectivity index (χ3n) is 4.05. The molecular weight excluding hydrogens is 252 g/mol. The summed E-state index contributed by atoms with van der Waals surface area (Å²) in [6, 6.07) is 8.87. The molecule has 0 unspecified atom stereocenters. The molecule has 4 nitrogen and oxygen atoms in total. The third kappa shape index (κ3) is 2.59. The van der Waals surface area contributed by atoms with Crippen LogP contribution in [0.5, 0.6) is 0 Å². The fourth-order valence-electron chi connectivity index (χ4n) is 2.63. The Kier molecular flexibility index (Phi) is 3.54. The van der Waals surface area contributed by atoms with Gasteiger partial charge in [0.15, 0.2) is 0 Å². The second-order valence-corrected chi connectivity index (χ2v) is 5.39. The van der Waals surface area contributed by atoms with Crippen LogP contribution >= 0.6 is 0 Å². The highest BCUT2D eigenvalue weighted by Gasteiger charge is 2.16. The minimum absolute atomic E-state index is 0.302. The Hall–Kier alpha value is -2.10. The number of fused-ring (bicyclic) bond motifs is 1. The summed E-state index contributed by atoms with van der Waals surface area (Å²) in [5.41, 5.74) is 1.02. The predicted octanol–water partition coefficient (Wildman–Crippen LogP) is 3.54. The van der Waals surface area contributed by atoms with E-state index in [1.54, 1.807) is 12.1 Å². The zero-order valence-corrected chi connectivity index (χ0v) is 11.3. The maximum Gasteiger partial charge on any atom is 0.336 e. The van der Waals surface area contributed by atoms with E-state index in [0.29, 0.717) is 10.9 Å². The van der Waals surface area contributed by atoms with Crippen molar-refractivity contribution in [3.05, 3.63) is 35.9 Å². The summed E-state index contributed by atoms with van der Waals surface area (Å²) in [4.78, 5) is 15.6. The van der Waals surface area contributed by atoms with Crippen LogP contribution in [0.2, 0.25) is 0 Å². The molecule has 0 amide bonds. The zero-order chi connectivity index (χ0) is 13.9. The summed E-state index contributed by atoms with van der Waals surface area (Å²) in [7, 11) is 0. The molecule has 4 heteroatoms. The first-order valence-electron chi connectivity index (χ1n) is 7.11. The van der Waals surface area contributed by atoms with Crippen LogP contribution in [-0.2, 0) is 0 Å². The van der Waals surface area contributed by atoms with Gasteiger partial charge in [-0.1, -0.05) is 25.3 Å². The fourth-order valence-corrected chi connectivity index (χ4v) is 2.63. The fraction of sp³-hybridized carbons (Fsp3) is 0.375. The number of aromatic nitrogens is 1. The van der Waals surface area contributed by atoms with Crippen LogP contribution in [0, 0.1) is 5.92 Å². The lowest BCUT2D eigenvalue weighted by Gasteiger charge is -2.25. The first-order valence-corrected chi connectivity index (χ1v) is 7.11. The van der Waals surface area contributed by atoms with E-state index in [1.807, 2.05) is 18.2 Å². The van der Waals surface area contributed by atoms with Crippen molar-refractivity contribution in [2.45, 2.75) is 25.7 Å². The van der Waals surface area contributed by atoms with E-state index in [-0.39, 0.29) is 0 Å². The summed E-state index contributed by atoms with van der Waals surface area (Å²) in [5.74, 6) is 0.782. The second-order valence-electron chi connectivity index (χ2n) is 5.39. The average Bonchev–Trinajstić information content (AvgIpc) is 2.40. The van der Waals surface area contributed by atoms with Gasteiger partial charge in [0.2, 0.25) is 0 Å². The molecule has 0 bridgehead atoms. The smallest absolute Gasteiger partial charge is 0.336 e. The standard InChI is InChI=1S/C16H18N2O2/c19-16(20)13-5-2-6-14-12(13)7-8-15(18-14)17-10-9-11-3-1-4-11/h2,5-8,11H,1,3-4,9-10H2,(H,17,18)(H,19,20). The topological polar surface area (TPSA) is 62.2 Å². The highest BCUT2D eigenvalue weighted by Crippen LogP contribution is 2.29. The maximum absolute atomic E-state index is 11.1. The molecule has 20 heavy (non-hydrogen) atoms. The highest BCUT2D eigenvalue weighted by atomic mass is 16.4. The van der Waals surface area contributed by atoms with Crippen molar-refractivity contribution in [3.63, 3.8) is 0 Å². The van der Waals surface area contributed by atoms with Gasteiger partial charge in [-0.05, 0) is 36.6 Å². The van der Waals surface area contributed by atoms with Crippen LogP contribution in [0.3, 0.4) is 0 Å². The molecule has 1 aromatic heterocycles. The van der Waals surface area contributed by atoms with Crippen molar-refractivity contribution in [1.29, 1.82) is 0 Å². The van der Waals surface area contributed by atoms with Crippen molar-refractivity contribution in [3.8, 4) is 0 Å². The number of aromatic carboxylic acids is 1. The molecule has 1 heterocycles. The Morgan fingerprint density at radius 1 is 1.30 bits per heavy atom. The lowest BCUT2D eigenvalue weighted by atomic mass is 9.83. The zero-order valence-electron chi connectivity index (χ0n) is 11.3. The van der Waals surface area contributed by atoms with Crippen molar-refractivity contribution in [2.24, 2.45) is 5.92 Å². The summed E-state index contributed by atoms with van der Waals surface area (Å²) in [6.07, 6.45) is 5.27. The molecule has 1 saturated carbocycles. The van der Waals surface area contributed by atoms with E-state index in [1.165, 1.54) is 25.7 Å². The van der Waals surface area contributed by atoms with Gasteiger partial charge in [-0.3, -0.25) is 0 Å². The number of hydrogen-bond acceptors (Lipinski definition) is 3. The molecule has 0 atom stereocenters. The quantitative estimate of drug-likeness (QED) is 0.872. The molecule has 2 N–H and O–H groups in total. The van der Waals surface area contributed by atoms with Crippen LogP contribution in [0.15, 0.2) is 30.3 Å². The summed E-state index contributed by atoms with van der Waals surface area (Å²) >= 11 is 0. The van der Waals surface area contributed by atoms with Gasteiger partial charge in [-0.25, -0.2) is 9.78 Å². The molecular formula is C16H18N2O2. The van der Waals surface area contributed by atoms with E-state index >= 15 is 0 Å². The monoisotopic (exact) mass is 270 g/mol. The third-order valence-corrected chi connectivity index (χ3v) is 4.05. The lowest BCUT2D eigenvalue weighted by Crippen LogP contribution is -2.15. The first kappa shape index (κ1) is 12.9. The lowest BCUT2D eigenvalue weighted by molar-refractivity contribution is 0.0699. The van der Waals surface area contributed by atoms with Crippen LogP contribution in [-0.4, -0.2) is 22.6 Å². The Morgan fingerprint density at radius 3 is 2.85 bits per heavy atom. The van der Waals surface area contributed by atoms with Gasteiger partial charge >= 0.3 is 5.97 Å². The molecule has 1 aromatic carbocycles. The Bertz CT molecular complexity index is 635. The van der Waals surface area contributed by atoms with Gasteiger partial charge < -0.3 is 10.4 Å². The normalized spacial score (nSPS) is 15.0. The number of anilines is 1. The number of carbonyl (C=O) groups is 1. The molecule has 1 aliphatic carbocycles. The number of carboxylic acids is 1. The van der Waals surface area contributed by atoms with Crippen molar-refractivity contribution in [2.75, 3.05) is 11.9 Å². The number of nitrogens with one attached hydrogen (secondary N) is 1. The Balaban J connectivity index is 1.74. The molecule has 0 radical (unpaired) electrons. The molecule has 3 rings (SSSR count). The second kappa shape index (κ2) is 5.49. The molecule has 1 fully saturated rings. The van der Waals surface area contributed by atoms with Crippen LogP contribution < -0.4 is 5.32 Å². The van der Waals surface area contributed by atoms with Crippen LogP contribution in [0.25, 0.3) is 10.9 Å². The largest absolute Gasteiger partial charge is 0.478 e. The van der Waals surface area contributed by atoms with Gasteiger partial charge in [0.05, 0.1) is 11.1 Å². The van der Waals surface area contributed by atoms with Gasteiger partial charge in [0.1, 0.15) is 5.82 Å². The van der Waals surface area contributed by atoms with Gasteiger partial charge in [0.25, 0.3) is 0 Å². The minimum atomic E-state index is -0.914. The van der Waals surface area contributed by atoms with Crippen molar-refractivity contribution in [1.82, 2.24) is 4.98 Å². The number of nitrogens with zero attached hydrogens (tertiary/aromatic N) is 1. The summed E-state index contributed by atoms with van der Waals surface area (Å²) < 4.78 is 0. The van der Waals surface area contributed by atoms with E-state index in [2.05, 4.69) is 10.3 Å². The Labute approximate surface area is 117 Å². The van der Waals surface area contributed by atoms with Crippen molar-refractivity contribution < 1.29 is 9.90 Å². The highest BCUT2D eigenvalue weighted by molar-refractivity contribution is 6.02. The van der Waals surface area contributed by atoms with E-state index in [0.717, 1.165) is 23.8 Å². The van der Waals surface area contributed by atoms with E-state index < -0.39 is 5.97 Å². The van der Waals surface area contributed by atoms with E-state index in [9.17, 15) is 4.79 Å². The molecule has 0 saturated heterocycles. The maximum atomic E-state index is 11.1. The molecule has 0 aliphatic heterocycles. The van der Waals surface area contributed by atoms with E-state index in [4.69, 9.17) is 5.11 Å². The molecule has 0 spiro atoms. The van der Waals surface area contributed by atoms with Crippen molar-refractivity contribution >= 4 is 22.7 Å². The predicted molar refractivity (Wildman–Crippen MR) is 79.2 cm³/mol. The number of pyridine rings is 1. The number of carboxylic acid groups (broad SMARTS) is 1. The summed E-state index contributed by atoms with van der Waals surface area (Å²) in [6.45, 7) is 0.932. The molecule has 1 aliphatic rings. The van der Waals surface area contributed by atoms with Gasteiger partial charge in [-0.15, -0.1) is 0 Å². The average molecular weight is 270 g/mol. The van der Waals surface area contributed by atoms with Gasteiger partial charge in [0, 0.05) is 11.9 Å². The molecule has 104 valence electrons. The minimum Gasteiger partial charge on any atom is -0.478 e. The number of hydrogen-bond donors (Lipinski definition) is 2. The SMILES string of the molecule is O=C(O)c1cccc2nc(NCCC3CCC3)ccc12. The van der Waals surface area contributed by atoms with Crippen LogP contribution in [0.1, 0.15) is 36.0 Å². The van der Waals surface area contributed by atoms with Gasteiger partial charge in [-0.2, -0.15) is 0 Å². The first-order chi connectivity index (χ1) is 9.74. The summed E-state index contributed by atoms with van der Waals surface area (Å²) in [5, 5.41) is 13.2. The molecule has 2 aromatic rings. The Morgan fingerprint density at radius 2 is 2.15 bits per heavy atom. The number of rotatable bonds is 5. The number of benzene rings is 1.